The van der Waals surface area contributed by atoms with Crippen LogP contribution in [-0.2, 0) is 0 Å². The van der Waals surface area contributed by atoms with E-state index in [9.17, 15) is 0 Å². The molecule has 3 rings (SSSR count). The Morgan fingerprint density at radius 3 is 2.61 bits per heavy atom. The monoisotopic (exact) mass is 243 g/mol. The number of hydrogen-bond acceptors (Lipinski definition) is 5. The zero-order chi connectivity index (χ0) is 12.4. The van der Waals surface area contributed by atoms with Gasteiger partial charge in [-0.15, -0.1) is 10.2 Å². The van der Waals surface area contributed by atoms with Crippen molar-refractivity contribution in [2.45, 2.75) is 25.3 Å². The molecular formula is C13H17N5. The van der Waals surface area contributed by atoms with Gasteiger partial charge >= 0.3 is 0 Å². The standard InChI is InChI=1S/C13H17N5/c14-8-9-18(10-4-3-5-10)13-15-11-6-1-2-7-12(11)16-17-13/h1-2,6-7,10H,3-5,8-9,14H2. The second-order valence-corrected chi connectivity index (χ2v) is 4.67. The lowest BCUT2D eigenvalue weighted by atomic mass is 9.92. The minimum Gasteiger partial charge on any atom is -0.335 e. The molecule has 1 aliphatic carbocycles. The molecule has 0 atom stereocenters. The van der Waals surface area contributed by atoms with Gasteiger partial charge in [0.25, 0.3) is 0 Å². The maximum absolute atomic E-state index is 5.68. The minimum atomic E-state index is 0.538. The van der Waals surface area contributed by atoms with E-state index >= 15 is 0 Å². The summed E-state index contributed by atoms with van der Waals surface area (Å²) in [6.45, 7) is 1.41. The van der Waals surface area contributed by atoms with Crippen LogP contribution in [0.4, 0.5) is 5.95 Å². The smallest absolute Gasteiger partial charge is 0.246 e. The summed E-state index contributed by atoms with van der Waals surface area (Å²) in [7, 11) is 0. The first kappa shape index (κ1) is 11.3. The quantitative estimate of drug-likeness (QED) is 0.877. The van der Waals surface area contributed by atoms with Gasteiger partial charge in [-0.05, 0) is 31.4 Å². The van der Waals surface area contributed by atoms with Gasteiger partial charge in [-0.1, -0.05) is 12.1 Å². The fraction of sp³-hybridized carbons (Fsp3) is 0.462. The van der Waals surface area contributed by atoms with E-state index in [0.29, 0.717) is 18.5 Å². The number of hydrogen-bond donors (Lipinski definition) is 1. The Labute approximate surface area is 106 Å². The Morgan fingerprint density at radius 1 is 1.17 bits per heavy atom. The van der Waals surface area contributed by atoms with Crippen molar-refractivity contribution in [2.24, 2.45) is 5.73 Å². The first-order valence-corrected chi connectivity index (χ1v) is 6.44. The molecule has 18 heavy (non-hydrogen) atoms. The van der Waals surface area contributed by atoms with Gasteiger partial charge in [0.1, 0.15) is 5.52 Å². The van der Waals surface area contributed by atoms with Crippen molar-refractivity contribution in [3.63, 3.8) is 0 Å². The van der Waals surface area contributed by atoms with E-state index in [1.165, 1.54) is 19.3 Å². The van der Waals surface area contributed by atoms with Gasteiger partial charge in [-0.25, -0.2) is 4.98 Å². The van der Waals surface area contributed by atoms with Crippen molar-refractivity contribution in [1.82, 2.24) is 15.2 Å². The van der Waals surface area contributed by atoms with E-state index in [0.717, 1.165) is 17.6 Å². The first-order chi connectivity index (χ1) is 8.88. The summed E-state index contributed by atoms with van der Waals surface area (Å²) < 4.78 is 0. The number of aromatic nitrogens is 3. The number of nitrogens with two attached hydrogens (primary N) is 1. The lowest BCUT2D eigenvalue weighted by Gasteiger charge is -2.37. The van der Waals surface area contributed by atoms with E-state index in [-0.39, 0.29) is 0 Å². The molecule has 0 bridgehead atoms. The summed E-state index contributed by atoms with van der Waals surface area (Å²) in [4.78, 5) is 6.79. The molecule has 2 N–H and O–H groups in total. The highest BCUT2D eigenvalue weighted by Crippen LogP contribution is 2.27. The van der Waals surface area contributed by atoms with E-state index in [1.54, 1.807) is 0 Å². The van der Waals surface area contributed by atoms with Crippen LogP contribution in [0, 0.1) is 0 Å². The highest BCUT2D eigenvalue weighted by molar-refractivity contribution is 5.74. The Hall–Kier alpha value is -1.75. The van der Waals surface area contributed by atoms with Crippen molar-refractivity contribution < 1.29 is 0 Å². The maximum Gasteiger partial charge on any atom is 0.246 e. The van der Waals surface area contributed by atoms with E-state index in [4.69, 9.17) is 5.73 Å². The molecule has 5 nitrogen and oxygen atoms in total. The lowest BCUT2D eigenvalue weighted by Crippen LogP contribution is -2.44. The fourth-order valence-corrected chi connectivity index (χ4v) is 2.28. The third-order valence-electron chi connectivity index (χ3n) is 3.49. The van der Waals surface area contributed by atoms with Crippen LogP contribution in [0.5, 0.6) is 0 Å². The summed E-state index contributed by atoms with van der Waals surface area (Å²) in [6.07, 6.45) is 3.69. The van der Waals surface area contributed by atoms with Crippen molar-refractivity contribution in [3.8, 4) is 0 Å². The van der Waals surface area contributed by atoms with Crippen molar-refractivity contribution in [3.05, 3.63) is 24.3 Å². The predicted molar refractivity (Wildman–Crippen MR) is 71.4 cm³/mol. The van der Waals surface area contributed by atoms with Gasteiger partial charge < -0.3 is 10.6 Å². The van der Waals surface area contributed by atoms with Crippen molar-refractivity contribution in [1.29, 1.82) is 0 Å². The fourth-order valence-electron chi connectivity index (χ4n) is 2.28. The van der Waals surface area contributed by atoms with Gasteiger partial charge in [0.15, 0.2) is 0 Å². The topological polar surface area (TPSA) is 67.9 Å². The van der Waals surface area contributed by atoms with Crippen LogP contribution in [0.3, 0.4) is 0 Å². The largest absolute Gasteiger partial charge is 0.335 e. The van der Waals surface area contributed by atoms with E-state index in [1.807, 2.05) is 24.3 Å². The second-order valence-electron chi connectivity index (χ2n) is 4.67. The van der Waals surface area contributed by atoms with Crippen LogP contribution < -0.4 is 10.6 Å². The summed E-state index contributed by atoms with van der Waals surface area (Å²) in [5.74, 6) is 0.712. The number of para-hydroxylation sites is 1. The molecule has 0 spiro atoms. The van der Waals surface area contributed by atoms with Crippen LogP contribution >= 0.6 is 0 Å². The molecule has 2 aromatic rings. The normalized spacial score (nSPS) is 15.6. The third-order valence-corrected chi connectivity index (χ3v) is 3.49. The van der Waals surface area contributed by atoms with Gasteiger partial charge in [0.05, 0.1) is 5.52 Å². The zero-order valence-corrected chi connectivity index (χ0v) is 10.3. The highest BCUT2D eigenvalue weighted by atomic mass is 15.3. The van der Waals surface area contributed by atoms with Crippen LogP contribution in [0.15, 0.2) is 24.3 Å². The average Bonchev–Trinajstić information content (AvgIpc) is 2.35. The molecule has 1 aromatic carbocycles. The molecule has 1 saturated carbocycles. The Bertz CT molecular complexity index is 538. The number of fused-ring (bicyclic) bond motifs is 1. The second kappa shape index (κ2) is 4.86. The molecule has 0 aliphatic heterocycles. The van der Waals surface area contributed by atoms with E-state index in [2.05, 4.69) is 20.1 Å². The Morgan fingerprint density at radius 2 is 1.94 bits per heavy atom. The molecule has 0 unspecified atom stereocenters. The highest BCUT2D eigenvalue weighted by Gasteiger charge is 2.26. The molecule has 5 heteroatoms. The SMILES string of the molecule is NCCN(c1nnc2ccccc2n1)C1CCC1. The first-order valence-electron chi connectivity index (χ1n) is 6.44. The van der Waals surface area contributed by atoms with Gasteiger partial charge in [-0.2, -0.15) is 0 Å². The molecule has 0 amide bonds. The number of benzene rings is 1. The average molecular weight is 243 g/mol. The number of rotatable bonds is 4. The van der Waals surface area contributed by atoms with E-state index < -0.39 is 0 Å². The van der Waals surface area contributed by atoms with Crippen molar-refractivity contribution >= 4 is 17.0 Å². The lowest BCUT2D eigenvalue weighted by molar-refractivity contribution is 0.383. The molecule has 1 aromatic heterocycles. The van der Waals surface area contributed by atoms with Crippen LogP contribution in [0.25, 0.3) is 11.0 Å². The molecule has 94 valence electrons. The van der Waals surface area contributed by atoms with Crippen LogP contribution in [0.1, 0.15) is 19.3 Å². The van der Waals surface area contributed by atoms with Crippen LogP contribution in [-0.4, -0.2) is 34.3 Å². The van der Waals surface area contributed by atoms with Gasteiger partial charge in [0, 0.05) is 19.1 Å². The molecular weight excluding hydrogens is 226 g/mol. The predicted octanol–water partition coefficient (Wildman–Crippen LogP) is 1.34. The summed E-state index contributed by atoms with van der Waals surface area (Å²) in [5.41, 5.74) is 7.41. The molecule has 0 radical (unpaired) electrons. The molecule has 1 heterocycles. The Kier molecular flexibility index (Phi) is 3.06. The zero-order valence-electron chi connectivity index (χ0n) is 10.3. The number of nitrogens with zero attached hydrogens (tertiary/aromatic N) is 4. The maximum atomic E-state index is 5.68. The van der Waals surface area contributed by atoms with Crippen LogP contribution in [0.2, 0.25) is 0 Å². The van der Waals surface area contributed by atoms with Gasteiger partial charge in [-0.3, -0.25) is 0 Å². The third kappa shape index (κ3) is 2.01. The Balaban J connectivity index is 1.95. The summed E-state index contributed by atoms with van der Waals surface area (Å²) >= 11 is 0. The summed E-state index contributed by atoms with van der Waals surface area (Å²) in [6, 6.07) is 8.35. The molecule has 1 aliphatic rings. The summed E-state index contributed by atoms with van der Waals surface area (Å²) in [5, 5.41) is 8.47. The molecule has 1 fully saturated rings. The minimum absolute atomic E-state index is 0.538. The van der Waals surface area contributed by atoms with Gasteiger partial charge in [0.2, 0.25) is 5.95 Å². The van der Waals surface area contributed by atoms with Crippen molar-refractivity contribution in [2.75, 3.05) is 18.0 Å². The number of anilines is 1. The molecule has 0 saturated heterocycles.